The summed E-state index contributed by atoms with van der Waals surface area (Å²) in [7, 11) is 3.58. The quantitative estimate of drug-likeness (QED) is 0.350. The molecule has 1 heterocycles. The Morgan fingerprint density at radius 1 is 1.15 bits per heavy atom. The lowest BCUT2D eigenvalue weighted by Gasteiger charge is -2.42. The van der Waals surface area contributed by atoms with Crippen molar-refractivity contribution in [3.63, 3.8) is 0 Å². The van der Waals surface area contributed by atoms with Crippen LogP contribution in [0.1, 0.15) is 37.7 Å². The van der Waals surface area contributed by atoms with Gasteiger partial charge < -0.3 is 24.8 Å². The molecule has 7 heteroatoms. The van der Waals surface area contributed by atoms with Crippen LogP contribution in [0.4, 0.5) is 0 Å². The van der Waals surface area contributed by atoms with E-state index in [0.717, 1.165) is 49.0 Å². The lowest BCUT2D eigenvalue weighted by atomic mass is 9.67. The van der Waals surface area contributed by atoms with Gasteiger partial charge in [-0.05, 0) is 42.4 Å². The molecule has 0 spiro atoms. The van der Waals surface area contributed by atoms with Gasteiger partial charge in [0.05, 0.1) is 13.2 Å². The van der Waals surface area contributed by atoms with Crippen LogP contribution < -0.4 is 20.1 Å². The van der Waals surface area contributed by atoms with E-state index in [2.05, 4.69) is 21.7 Å². The Labute approximate surface area is 179 Å². The van der Waals surface area contributed by atoms with Crippen molar-refractivity contribution in [3.05, 3.63) is 23.8 Å². The van der Waals surface area contributed by atoms with Gasteiger partial charge in [0.2, 0.25) is 0 Å². The van der Waals surface area contributed by atoms with Gasteiger partial charge in [-0.25, -0.2) is 0 Å². The molecule has 1 aromatic rings. The fraction of sp³-hybridized carbons (Fsp3) is 0.650. The maximum Gasteiger partial charge on any atom is 0.191 e. The summed E-state index contributed by atoms with van der Waals surface area (Å²) >= 11 is 0. The summed E-state index contributed by atoms with van der Waals surface area (Å²) in [6.07, 6.45) is 5.87. The molecule has 1 fully saturated rings. The lowest BCUT2D eigenvalue weighted by Crippen LogP contribution is -2.46. The molecule has 0 atom stereocenters. The Balaban J connectivity index is 0.00000261. The minimum atomic E-state index is 0. The van der Waals surface area contributed by atoms with Gasteiger partial charge in [0.1, 0.15) is 0 Å². The number of hydrogen-bond acceptors (Lipinski definition) is 4. The van der Waals surface area contributed by atoms with E-state index in [1.165, 1.54) is 19.3 Å². The zero-order valence-electron chi connectivity index (χ0n) is 16.4. The first-order chi connectivity index (χ1) is 12.7. The van der Waals surface area contributed by atoms with Crippen LogP contribution in [-0.2, 0) is 11.3 Å². The summed E-state index contributed by atoms with van der Waals surface area (Å²) in [6.45, 7) is 3.88. The van der Waals surface area contributed by atoms with Crippen molar-refractivity contribution in [2.24, 2.45) is 10.4 Å². The number of benzene rings is 1. The molecule has 6 nitrogen and oxygen atoms in total. The highest BCUT2D eigenvalue weighted by Crippen LogP contribution is 2.43. The normalized spacial score (nSPS) is 17.9. The number of nitrogens with one attached hydrogen (secondary N) is 2. The topological polar surface area (TPSA) is 64.1 Å². The molecule has 3 rings (SSSR count). The highest BCUT2D eigenvalue weighted by atomic mass is 127. The number of halogens is 1. The number of guanidine groups is 1. The second kappa shape index (κ2) is 10.9. The number of nitrogens with zero attached hydrogens (tertiary/aromatic N) is 1. The van der Waals surface area contributed by atoms with E-state index in [-0.39, 0.29) is 24.0 Å². The van der Waals surface area contributed by atoms with E-state index < -0.39 is 0 Å². The summed E-state index contributed by atoms with van der Waals surface area (Å²) in [5.74, 6) is 2.50. The third kappa shape index (κ3) is 6.14. The SMILES string of the molecule is CN=C(NCc1ccc2c(c1)OCCCO2)NCC1(CCOC)CCC1.I. The largest absolute Gasteiger partial charge is 0.490 e. The minimum absolute atomic E-state index is 0. The van der Waals surface area contributed by atoms with Crippen molar-refractivity contribution in [2.75, 3.05) is 40.5 Å². The third-order valence-corrected chi connectivity index (χ3v) is 5.38. The van der Waals surface area contributed by atoms with Crippen molar-refractivity contribution < 1.29 is 14.2 Å². The third-order valence-electron chi connectivity index (χ3n) is 5.38. The van der Waals surface area contributed by atoms with E-state index in [4.69, 9.17) is 14.2 Å². The molecule has 2 N–H and O–H groups in total. The zero-order chi connectivity index (χ0) is 18.2. The maximum atomic E-state index is 5.76. The van der Waals surface area contributed by atoms with Crippen LogP contribution in [0.2, 0.25) is 0 Å². The summed E-state index contributed by atoms with van der Waals surface area (Å²) in [5, 5.41) is 6.89. The second-order valence-corrected chi connectivity index (χ2v) is 7.21. The summed E-state index contributed by atoms with van der Waals surface area (Å²) in [5.41, 5.74) is 1.51. The van der Waals surface area contributed by atoms with Gasteiger partial charge in [0, 0.05) is 40.3 Å². The average molecular weight is 489 g/mol. The second-order valence-electron chi connectivity index (χ2n) is 7.21. The van der Waals surface area contributed by atoms with E-state index >= 15 is 0 Å². The molecule has 152 valence electrons. The van der Waals surface area contributed by atoms with E-state index in [9.17, 15) is 0 Å². The molecule has 0 saturated heterocycles. The molecule has 1 aliphatic heterocycles. The molecule has 1 aliphatic carbocycles. The van der Waals surface area contributed by atoms with E-state index in [0.29, 0.717) is 25.2 Å². The minimum Gasteiger partial charge on any atom is -0.490 e. The smallest absolute Gasteiger partial charge is 0.191 e. The van der Waals surface area contributed by atoms with Crippen LogP contribution in [0.15, 0.2) is 23.2 Å². The lowest BCUT2D eigenvalue weighted by molar-refractivity contribution is 0.0732. The zero-order valence-corrected chi connectivity index (χ0v) is 18.7. The van der Waals surface area contributed by atoms with Crippen LogP contribution >= 0.6 is 24.0 Å². The summed E-state index contributed by atoms with van der Waals surface area (Å²) in [4.78, 5) is 4.35. The Hall–Kier alpha value is -1.22. The van der Waals surface area contributed by atoms with Crippen molar-refractivity contribution in [1.29, 1.82) is 0 Å². The van der Waals surface area contributed by atoms with Gasteiger partial charge in [-0.3, -0.25) is 4.99 Å². The Bertz CT molecular complexity index is 620. The van der Waals surface area contributed by atoms with Gasteiger partial charge in [-0.15, -0.1) is 24.0 Å². The Morgan fingerprint density at radius 2 is 1.93 bits per heavy atom. The van der Waals surface area contributed by atoms with Gasteiger partial charge in [-0.1, -0.05) is 12.5 Å². The van der Waals surface area contributed by atoms with Crippen molar-refractivity contribution in [3.8, 4) is 11.5 Å². The van der Waals surface area contributed by atoms with Crippen molar-refractivity contribution >= 4 is 29.9 Å². The molecule has 2 aliphatic rings. The molecule has 1 aromatic carbocycles. The monoisotopic (exact) mass is 489 g/mol. The first-order valence-electron chi connectivity index (χ1n) is 9.57. The highest BCUT2D eigenvalue weighted by Gasteiger charge is 2.36. The molecule has 0 amide bonds. The molecule has 0 unspecified atom stereocenters. The fourth-order valence-electron chi connectivity index (χ4n) is 3.51. The van der Waals surface area contributed by atoms with Gasteiger partial charge in [0.15, 0.2) is 17.5 Å². The molecular formula is C20H32IN3O3. The van der Waals surface area contributed by atoms with Crippen LogP contribution in [-0.4, -0.2) is 46.5 Å². The summed E-state index contributed by atoms with van der Waals surface area (Å²) < 4.78 is 16.7. The summed E-state index contributed by atoms with van der Waals surface area (Å²) in [6, 6.07) is 6.11. The van der Waals surface area contributed by atoms with Gasteiger partial charge in [-0.2, -0.15) is 0 Å². The molecule has 27 heavy (non-hydrogen) atoms. The van der Waals surface area contributed by atoms with Crippen LogP contribution in [0, 0.1) is 5.41 Å². The van der Waals surface area contributed by atoms with Crippen LogP contribution in [0.5, 0.6) is 11.5 Å². The predicted octanol–water partition coefficient (Wildman–Crippen LogP) is 3.34. The predicted molar refractivity (Wildman–Crippen MR) is 118 cm³/mol. The van der Waals surface area contributed by atoms with E-state index in [1.807, 2.05) is 19.2 Å². The Morgan fingerprint density at radius 3 is 2.59 bits per heavy atom. The molecule has 0 radical (unpaired) electrons. The van der Waals surface area contributed by atoms with Gasteiger partial charge >= 0.3 is 0 Å². The number of aliphatic imine (C=N–C) groups is 1. The van der Waals surface area contributed by atoms with E-state index in [1.54, 1.807) is 7.11 Å². The highest BCUT2D eigenvalue weighted by molar-refractivity contribution is 14.0. The standard InChI is InChI=1S/C20H31N3O3.HI/c1-21-19(23-15-20(7-3-8-20)9-12-24-2)22-14-16-5-6-17-18(13-16)26-11-4-10-25-17;/h5-6,13H,3-4,7-12,14-15H2,1-2H3,(H2,21,22,23);1H. The van der Waals surface area contributed by atoms with Gasteiger partial charge in [0.25, 0.3) is 0 Å². The van der Waals surface area contributed by atoms with Crippen molar-refractivity contribution in [1.82, 2.24) is 10.6 Å². The number of fused-ring (bicyclic) bond motifs is 1. The first-order valence-corrected chi connectivity index (χ1v) is 9.57. The number of ether oxygens (including phenoxy) is 3. The number of rotatable bonds is 7. The molecular weight excluding hydrogens is 457 g/mol. The molecule has 0 aromatic heterocycles. The number of hydrogen-bond donors (Lipinski definition) is 2. The Kier molecular flexibility index (Phi) is 8.95. The molecule has 0 bridgehead atoms. The fourth-order valence-corrected chi connectivity index (χ4v) is 3.51. The molecule has 1 saturated carbocycles. The first kappa shape index (κ1) is 22.1. The average Bonchev–Trinajstić information content (AvgIpc) is 2.87. The van der Waals surface area contributed by atoms with Crippen molar-refractivity contribution in [2.45, 2.75) is 38.6 Å². The maximum absolute atomic E-state index is 5.76. The van der Waals surface area contributed by atoms with Crippen LogP contribution in [0.25, 0.3) is 0 Å². The van der Waals surface area contributed by atoms with Crippen LogP contribution in [0.3, 0.4) is 0 Å². The number of methoxy groups -OCH3 is 1.